The van der Waals surface area contributed by atoms with Crippen LogP contribution < -0.4 is 11.1 Å². The van der Waals surface area contributed by atoms with Gasteiger partial charge in [-0.3, -0.25) is 9.59 Å². The summed E-state index contributed by atoms with van der Waals surface area (Å²) in [7, 11) is 0. The summed E-state index contributed by atoms with van der Waals surface area (Å²) >= 11 is 0. The number of amides is 2. The lowest BCUT2D eigenvalue weighted by atomic mass is 10.0. The lowest BCUT2D eigenvalue weighted by Gasteiger charge is -2.15. The van der Waals surface area contributed by atoms with Crippen LogP contribution in [0.25, 0.3) is 0 Å². The highest BCUT2D eigenvalue weighted by molar-refractivity contribution is 5.89. The van der Waals surface area contributed by atoms with Gasteiger partial charge in [-0.05, 0) is 13.3 Å². The molecule has 0 aliphatic carbocycles. The Hall–Kier alpha value is -1.63. The Morgan fingerprint density at radius 3 is 2.59 bits per heavy atom. The molecule has 0 radical (unpaired) electrons. The number of hydrogen-bond acceptors (Lipinski definition) is 4. The lowest BCUT2D eigenvalue weighted by molar-refractivity contribution is -0.143. The summed E-state index contributed by atoms with van der Waals surface area (Å²) in [5.74, 6) is -2.82. The smallest absolute Gasteiger partial charge is 0.326 e. The Kier molecular flexibility index (Phi) is 4.45. The van der Waals surface area contributed by atoms with Gasteiger partial charge in [-0.2, -0.15) is 0 Å². The summed E-state index contributed by atoms with van der Waals surface area (Å²) in [6.45, 7) is 2.11. The van der Waals surface area contributed by atoms with E-state index in [1.165, 1.54) is 0 Å². The second kappa shape index (κ2) is 5.62. The van der Waals surface area contributed by atoms with E-state index in [1.807, 2.05) is 6.92 Å². The van der Waals surface area contributed by atoms with Crippen LogP contribution in [0.5, 0.6) is 0 Å². The van der Waals surface area contributed by atoms with Crippen molar-refractivity contribution in [2.24, 2.45) is 11.7 Å². The summed E-state index contributed by atoms with van der Waals surface area (Å²) in [4.78, 5) is 33.1. The van der Waals surface area contributed by atoms with Crippen LogP contribution >= 0.6 is 0 Å². The maximum absolute atomic E-state index is 11.7. The highest BCUT2D eigenvalue weighted by Crippen LogP contribution is 2.19. The van der Waals surface area contributed by atoms with E-state index in [0.717, 1.165) is 0 Å². The topological polar surface area (TPSA) is 119 Å². The molecule has 1 saturated heterocycles. The Morgan fingerprint density at radius 2 is 2.18 bits per heavy atom. The lowest BCUT2D eigenvalue weighted by Crippen LogP contribution is -2.45. The predicted octanol–water partition coefficient (Wildman–Crippen LogP) is -1.14. The fourth-order valence-corrected chi connectivity index (χ4v) is 1.69. The van der Waals surface area contributed by atoms with Crippen molar-refractivity contribution in [1.29, 1.82) is 0 Å². The van der Waals surface area contributed by atoms with Crippen molar-refractivity contribution in [3.8, 4) is 0 Å². The van der Waals surface area contributed by atoms with E-state index >= 15 is 0 Å². The number of nitrogens with two attached hydrogens (primary N) is 1. The van der Waals surface area contributed by atoms with E-state index in [9.17, 15) is 14.4 Å². The van der Waals surface area contributed by atoms with Gasteiger partial charge in [0.2, 0.25) is 11.8 Å². The van der Waals surface area contributed by atoms with E-state index in [0.29, 0.717) is 6.42 Å². The number of ether oxygens (including phenoxy) is 1. The van der Waals surface area contributed by atoms with E-state index in [-0.39, 0.29) is 18.6 Å². The van der Waals surface area contributed by atoms with Gasteiger partial charge in [-0.25, -0.2) is 4.79 Å². The molecule has 0 aromatic carbocycles. The van der Waals surface area contributed by atoms with Crippen LogP contribution in [0.4, 0.5) is 0 Å². The minimum Gasteiger partial charge on any atom is -0.480 e. The zero-order valence-corrected chi connectivity index (χ0v) is 9.51. The van der Waals surface area contributed by atoms with E-state index in [2.05, 4.69) is 5.32 Å². The van der Waals surface area contributed by atoms with Crippen molar-refractivity contribution < 1.29 is 24.2 Å². The van der Waals surface area contributed by atoms with E-state index < -0.39 is 30.2 Å². The average molecular weight is 244 g/mol. The molecule has 1 heterocycles. The van der Waals surface area contributed by atoms with Gasteiger partial charge in [0.05, 0.1) is 25.0 Å². The maximum Gasteiger partial charge on any atom is 0.326 e. The van der Waals surface area contributed by atoms with Crippen LogP contribution in [-0.2, 0) is 19.1 Å². The first kappa shape index (κ1) is 13.4. The SMILES string of the molecule is CC1CC(C(=O)NC(CC(N)=O)C(=O)O)CO1. The first-order valence-electron chi connectivity index (χ1n) is 5.33. The standard InChI is InChI=1S/C10H16N2O5/c1-5-2-6(4-17-5)9(14)12-7(10(15)16)3-8(11)13/h5-7H,2-4H2,1H3,(H2,11,13)(H,12,14)(H,15,16). The number of carboxylic acids is 1. The van der Waals surface area contributed by atoms with Crippen molar-refractivity contribution >= 4 is 17.8 Å². The second-order valence-electron chi connectivity index (χ2n) is 4.15. The highest BCUT2D eigenvalue weighted by atomic mass is 16.5. The number of aliphatic carboxylic acids is 1. The Bertz CT molecular complexity index is 331. The molecule has 17 heavy (non-hydrogen) atoms. The molecule has 0 aromatic heterocycles. The van der Waals surface area contributed by atoms with Gasteiger partial charge in [0.25, 0.3) is 0 Å². The molecular weight excluding hydrogens is 228 g/mol. The van der Waals surface area contributed by atoms with Crippen molar-refractivity contribution in [1.82, 2.24) is 5.32 Å². The molecule has 0 bridgehead atoms. The second-order valence-corrected chi connectivity index (χ2v) is 4.15. The quantitative estimate of drug-likeness (QED) is 0.564. The highest BCUT2D eigenvalue weighted by Gasteiger charge is 2.31. The molecule has 1 fully saturated rings. The van der Waals surface area contributed by atoms with Gasteiger partial charge in [0, 0.05) is 0 Å². The summed E-state index contributed by atoms with van der Waals surface area (Å²) < 4.78 is 5.21. The van der Waals surface area contributed by atoms with Crippen LogP contribution in [0.2, 0.25) is 0 Å². The number of carboxylic acid groups (broad SMARTS) is 1. The number of carbonyl (C=O) groups excluding carboxylic acids is 2. The normalized spacial score (nSPS) is 25.2. The fraction of sp³-hybridized carbons (Fsp3) is 0.700. The Morgan fingerprint density at radius 1 is 1.53 bits per heavy atom. The average Bonchev–Trinajstić information content (AvgIpc) is 2.63. The number of rotatable bonds is 5. The molecule has 2 amide bonds. The molecular formula is C10H16N2O5. The van der Waals surface area contributed by atoms with Crippen molar-refractivity contribution in [2.75, 3.05) is 6.61 Å². The molecule has 0 spiro atoms. The maximum atomic E-state index is 11.7. The molecule has 7 nitrogen and oxygen atoms in total. The zero-order valence-electron chi connectivity index (χ0n) is 9.51. The largest absolute Gasteiger partial charge is 0.480 e. The molecule has 3 unspecified atom stereocenters. The van der Waals surface area contributed by atoms with E-state index in [1.54, 1.807) is 0 Å². The van der Waals surface area contributed by atoms with Crippen LogP contribution in [0.1, 0.15) is 19.8 Å². The predicted molar refractivity (Wildman–Crippen MR) is 56.9 cm³/mol. The first-order chi connectivity index (χ1) is 7.90. The van der Waals surface area contributed by atoms with Crippen LogP contribution in [0.15, 0.2) is 0 Å². The van der Waals surface area contributed by atoms with Crippen LogP contribution in [-0.4, -0.2) is 41.6 Å². The third kappa shape index (κ3) is 4.03. The summed E-state index contributed by atoms with van der Waals surface area (Å²) in [6.07, 6.45) is 0.129. The van der Waals surface area contributed by atoms with Gasteiger partial charge in [-0.15, -0.1) is 0 Å². The van der Waals surface area contributed by atoms with Gasteiger partial charge < -0.3 is 20.9 Å². The monoisotopic (exact) mass is 244 g/mol. The van der Waals surface area contributed by atoms with Crippen LogP contribution in [0.3, 0.4) is 0 Å². The molecule has 96 valence electrons. The molecule has 1 aliphatic heterocycles. The molecule has 1 aliphatic rings. The third-order valence-corrected chi connectivity index (χ3v) is 2.59. The number of hydrogen-bond donors (Lipinski definition) is 3. The Labute approximate surface area is 98.3 Å². The van der Waals surface area contributed by atoms with Crippen LogP contribution in [0, 0.1) is 5.92 Å². The zero-order chi connectivity index (χ0) is 13.0. The summed E-state index contributed by atoms with van der Waals surface area (Å²) in [5.41, 5.74) is 4.90. The molecule has 7 heteroatoms. The van der Waals surface area contributed by atoms with Crippen molar-refractivity contribution in [3.05, 3.63) is 0 Å². The number of nitrogens with one attached hydrogen (secondary N) is 1. The summed E-state index contributed by atoms with van der Waals surface area (Å²) in [5, 5.41) is 11.1. The van der Waals surface area contributed by atoms with Gasteiger partial charge in [0.1, 0.15) is 6.04 Å². The molecule has 0 saturated carbocycles. The number of primary amides is 1. The Balaban J connectivity index is 2.52. The van der Waals surface area contributed by atoms with Gasteiger partial charge in [-0.1, -0.05) is 0 Å². The number of carbonyl (C=O) groups is 3. The van der Waals surface area contributed by atoms with Crippen molar-refractivity contribution in [3.63, 3.8) is 0 Å². The van der Waals surface area contributed by atoms with Gasteiger partial charge >= 0.3 is 5.97 Å². The summed E-state index contributed by atoms with van der Waals surface area (Å²) in [6, 6.07) is -1.27. The third-order valence-electron chi connectivity index (χ3n) is 2.59. The fourth-order valence-electron chi connectivity index (χ4n) is 1.69. The minimum atomic E-state index is -1.27. The molecule has 0 aromatic rings. The van der Waals surface area contributed by atoms with Crippen molar-refractivity contribution in [2.45, 2.75) is 31.9 Å². The van der Waals surface area contributed by atoms with E-state index in [4.69, 9.17) is 15.6 Å². The molecule has 4 N–H and O–H groups in total. The molecule has 1 rings (SSSR count). The minimum absolute atomic E-state index is 0.00910. The first-order valence-corrected chi connectivity index (χ1v) is 5.33. The van der Waals surface area contributed by atoms with Gasteiger partial charge in [0.15, 0.2) is 0 Å². The molecule has 3 atom stereocenters.